The van der Waals surface area contributed by atoms with E-state index >= 15 is 0 Å². The van der Waals surface area contributed by atoms with E-state index in [1.807, 2.05) is 18.7 Å². The van der Waals surface area contributed by atoms with Crippen LogP contribution >= 0.6 is 0 Å². The van der Waals surface area contributed by atoms with Crippen LogP contribution in [0.4, 0.5) is 0 Å². The van der Waals surface area contributed by atoms with E-state index in [2.05, 4.69) is 25.0 Å². The molecule has 0 amide bonds. The molecule has 2 heteroatoms. The summed E-state index contributed by atoms with van der Waals surface area (Å²) in [6, 6.07) is 2.16. The molecule has 1 atom stereocenters. The lowest BCUT2D eigenvalue weighted by atomic mass is 10.1. The minimum Gasteiger partial charge on any atom is -0.272 e. The summed E-state index contributed by atoms with van der Waals surface area (Å²) in [6.07, 6.45) is 1.18. The molecule has 0 aromatic carbocycles. The van der Waals surface area contributed by atoms with Crippen LogP contribution < -0.4 is 0 Å². The van der Waals surface area contributed by atoms with Crippen LogP contribution in [0.2, 0.25) is 0 Å². The molecule has 11 heavy (non-hydrogen) atoms. The molecule has 0 aliphatic carbocycles. The zero-order valence-corrected chi connectivity index (χ0v) is 7.76. The highest BCUT2D eigenvalue weighted by molar-refractivity contribution is 5.12. The van der Waals surface area contributed by atoms with Gasteiger partial charge in [0.2, 0.25) is 0 Å². The number of hydrogen-bond acceptors (Lipinski definition) is 1. The van der Waals surface area contributed by atoms with E-state index in [0.717, 1.165) is 5.69 Å². The fourth-order valence-corrected chi connectivity index (χ4v) is 1.30. The van der Waals surface area contributed by atoms with Crippen molar-refractivity contribution < 1.29 is 0 Å². The fourth-order valence-electron chi connectivity index (χ4n) is 1.30. The lowest BCUT2D eigenvalue weighted by Crippen LogP contribution is -2.01. The van der Waals surface area contributed by atoms with E-state index in [0.29, 0.717) is 5.92 Å². The third kappa shape index (κ3) is 1.62. The van der Waals surface area contributed by atoms with Gasteiger partial charge in [0.05, 0.1) is 5.69 Å². The molecule has 1 heterocycles. The first-order valence-corrected chi connectivity index (χ1v) is 4.15. The molecular formula is C9H16N2. The van der Waals surface area contributed by atoms with Gasteiger partial charge in [-0.15, -0.1) is 0 Å². The number of rotatable bonds is 2. The molecular weight excluding hydrogens is 136 g/mol. The van der Waals surface area contributed by atoms with E-state index in [1.54, 1.807) is 0 Å². The average molecular weight is 152 g/mol. The van der Waals surface area contributed by atoms with Gasteiger partial charge in [0, 0.05) is 12.7 Å². The Hall–Kier alpha value is -0.790. The fraction of sp³-hybridized carbons (Fsp3) is 0.667. The molecule has 0 aliphatic heterocycles. The van der Waals surface area contributed by atoms with E-state index in [9.17, 15) is 0 Å². The molecule has 1 aromatic heterocycles. The third-order valence-electron chi connectivity index (χ3n) is 2.16. The second kappa shape index (κ2) is 3.07. The van der Waals surface area contributed by atoms with Gasteiger partial charge >= 0.3 is 0 Å². The zero-order valence-electron chi connectivity index (χ0n) is 7.76. The summed E-state index contributed by atoms with van der Waals surface area (Å²) < 4.78 is 1.98. The van der Waals surface area contributed by atoms with Crippen LogP contribution in [0.1, 0.15) is 37.6 Å². The van der Waals surface area contributed by atoms with Crippen LogP contribution in [0.3, 0.4) is 0 Å². The molecule has 0 fully saturated rings. The van der Waals surface area contributed by atoms with Crippen molar-refractivity contribution in [3.05, 3.63) is 17.5 Å². The molecule has 62 valence electrons. The first-order chi connectivity index (χ1) is 5.15. The minimum atomic E-state index is 0.626. The summed E-state index contributed by atoms with van der Waals surface area (Å²) in [5, 5.41) is 4.30. The second-order valence-corrected chi connectivity index (χ2v) is 3.14. The monoisotopic (exact) mass is 152 g/mol. The average Bonchev–Trinajstić information content (AvgIpc) is 2.28. The Bertz CT molecular complexity index is 238. The van der Waals surface area contributed by atoms with Crippen LogP contribution in [-0.2, 0) is 7.05 Å². The topological polar surface area (TPSA) is 17.8 Å². The lowest BCUT2D eigenvalue weighted by molar-refractivity contribution is 0.623. The van der Waals surface area contributed by atoms with Gasteiger partial charge in [0.25, 0.3) is 0 Å². The second-order valence-electron chi connectivity index (χ2n) is 3.14. The highest BCUT2D eigenvalue weighted by Crippen LogP contribution is 2.18. The molecule has 1 rings (SSSR count). The van der Waals surface area contributed by atoms with E-state index < -0.39 is 0 Å². The number of nitrogens with zero attached hydrogens (tertiary/aromatic N) is 2. The minimum absolute atomic E-state index is 0.626. The van der Waals surface area contributed by atoms with Crippen molar-refractivity contribution in [2.75, 3.05) is 0 Å². The summed E-state index contributed by atoms with van der Waals surface area (Å²) in [6.45, 7) is 6.47. The summed E-state index contributed by atoms with van der Waals surface area (Å²) in [7, 11) is 2.01. The Balaban J connectivity index is 2.93. The molecule has 1 aromatic rings. The predicted octanol–water partition coefficient (Wildman–Crippen LogP) is 2.24. The standard InChI is InChI=1S/C9H16N2/c1-5-7(2)9-6-8(3)10-11(9)4/h6-7H,5H2,1-4H3. The Kier molecular flexibility index (Phi) is 2.32. The highest BCUT2D eigenvalue weighted by Gasteiger charge is 2.07. The normalized spacial score (nSPS) is 13.5. The third-order valence-corrected chi connectivity index (χ3v) is 2.16. The van der Waals surface area contributed by atoms with E-state index in [1.165, 1.54) is 12.1 Å². The van der Waals surface area contributed by atoms with Crippen molar-refractivity contribution in [1.29, 1.82) is 0 Å². The van der Waals surface area contributed by atoms with Crippen LogP contribution in [0.15, 0.2) is 6.07 Å². The Labute approximate surface area is 68.2 Å². The Morgan fingerprint density at radius 3 is 2.64 bits per heavy atom. The molecule has 1 unspecified atom stereocenters. The van der Waals surface area contributed by atoms with Gasteiger partial charge in [-0.05, 0) is 25.3 Å². The van der Waals surface area contributed by atoms with Crippen molar-refractivity contribution in [2.45, 2.75) is 33.1 Å². The van der Waals surface area contributed by atoms with E-state index in [-0.39, 0.29) is 0 Å². The summed E-state index contributed by atoms with van der Waals surface area (Å²) in [5.74, 6) is 0.626. The highest BCUT2D eigenvalue weighted by atomic mass is 15.3. The molecule has 0 spiro atoms. The van der Waals surface area contributed by atoms with Crippen molar-refractivity contribution in [1.82, 2.24) is 9.78 Å². The molecule has 0 radical (unpaired) electrons. The maximum atomic E-state index is 4.30. The van der Waals surface area contributed by atoms with E-state index in [4.69, 9.17) is 0 Å². The molecule has 0 aliphatic rings. The summed E-state index contributed by atoms with van der Waals surface area (Å²) in [4.78, 5) is 0. The quantitative estimate of drug-likeness (QED) is 0.635. The van der Waals surface area contributed by atoms with Crippen LogP contribution in [-0.4, -0.2) is 9.78 Å². The maximum Gasteiger partial charge on any atom is 0.0596 e. The zero-order chi connectivity index (χ0) is 8.43. The van der Waals surface area contributed by atoms with Crippen molar-refractivity contribution in [2.24, 2.45) is 7.05 Å². The Morgan fingerprint density at radius 2 is 2.27 bits per heavy atom. The first kappa shape index (κ1) is 8.31. The van der Waals surface area contributed by atoms with Gasteiger partial charge in [-0.3, -0.25) is 4.68 Å². The largest absolute Gasteiger partial charge is 0.272 e. The van der Waals surface area contributed by atoms with Crippen LogP contribution in [0, 0.1) is 6.92 Å². The first-order valence-electron chi connectivity index (χ1n) is 4.15. The molecule has 0 saturated carbocycles. The predicted molar refractivity (Wildman–Crippen MR) is 46.7 cm³/mol. The van der Waals surface area contributed by atoms with Gasteiger partial charge < -0.3 is 0 Å². The smallest absolute Gasteiger partial charge is 0.0596 e. The number of aryl methyl sites for hydroxylation is 2. The van der Waals surface area contributed by atoms with Gasteiger partial charge in [-0.2, -0.15) is 5.10 Å². The van der Waals surface area contributed by atoms with Gasteiger partial charge in [0.15, 0.2) is 0 Å². The van der Waals surface area contributed by atoms with Crippen molar-refractivity contribution >= 4 is 0 Å². The van der Waals surface area contributed by atoms with Crippen LogP contribution in [0.25, 0.3) is 0 Å². The maximum absolute atomic E-state index is 4.30. The molecule has 0 bridgehead atoms. The SMILES string of the molecule is CCC(C)c1cc(C)nn1C. The summed E-state index contributed by atoms with van der Waals surface area (Å²) >= 11 is 0. The van der Waals surface area contributed by atoms with Crippen LogP contribution in [0.5, 0.6) is 0 Å². The Morgan fingerprint density at radius 1 is 1.64 bits per heavy atom. The van der Waals surface area contributed by atoms with Crippen molar-refractivity contribution in [3.63, 3.8) is 0 Å². The summed E-state index contributed by atoms with van der Waals surface area (Å²) in [5.41, 5.74) is 2.45. The van der Waals surface area contributed by atoms with Gasteiger partial charge in [-0.1, -0.05) is 13.8 Å². The van der Waals surface area contributed by atoms with Crippen molar-refractivity contribution in [3.8, 4) is 0 Å². The van der Waals surface area contributed by atoms with Gasteiger partial charge in [0.1, 0.15) is 0 Å². The molecule has 2 nitrogen and oxygen atoms in total. The number of hydrogen-bond donors (Lipinski definition) is 0. The number of aromatic nitrogens is 2. The lowest BCUT2D eigenvalue weighted by Gasteiger charge is -2.07. The van der Waals surface area contributed by atoms with Gasteiger partial charge in [-0.25, -0.2) is 0 Å². The molecule has 0 saturated heterocycles. The molecule has 0 N–H and O–H groups in total.